The predicted molar refractivity (Wildman–Crippen MR) is 62.3 cm³/mol. The van der Waals surface area contributed by atoms with E-state index in [0.717, 1.165) is 0 Å². The van der Waals surface area contributed by atoms with Gasteiger partial charge >= 0.3 is 0 Å². The van der Waals surface area contributed by atoms with Crippen molar-refractivity contribution in [3.63, 3.8) is 0 Å². The zero-order valence-corrected chi connectivity index (χ0v) is 8.77. The number of pyridine rings is 1. The van der Waals surface area contributed by atoms with Crippen LogP contribution in [-0.4, -0.2) is 4.98 Å². The Kier molecular flexibility index (Phi) is 2.79. The van der Waals surface area contributed by atoms with E-state index in [0.29, 0.717) is 6.54 Å². The molecule has 2 nitrogen and oxygen atoms in total. The van der Waals surface area contributed by atoms with Crippen LogP contribution >= 0.6 is 0 Å². The van der Waals surface area contributed by atoms with E-state index < -0.39 is 0 Å². The first-order valence-electron chi connectivity index (χ1n) is 5.02. The van der Waals surface area contributed by atoms with Crippen LogP contribution in [0.4, 0.5) is 0 Å². The Morgan fingerprint density at radius 1 is 1.13 bits per heavy atom. The maximum absolute atomic E-state index is 5.72. The van der Waals surface area contributed by atoms with Crippen molar-refractivity contribution in [1.29, 1.82) is 0 Å². The van der Waals surface area contributed by atoms with E-state index in [2.05, 4.69) is 24.0 Å². The normalized spacial score (nSPS) is 10.3. The molecule has 1 aromatic carbocycles. The summed E-state index contributed by atoms with van der Waals surface area (Å²) in [6.45, 7) is 2.63. The topological polar surface area (TPSA) is 38.9 Å². The number of hydrogen-bond donors (Lipinski definition) is 1. The number of nitrogens with zero attached hydrogens (tertiary/aromatic N) is 1. The van der Waals surface area contributed by atoms with Crippen molar-refractivity contribution in [2.75, 3.05) is 0 Å². The number of hydrogen-bond acceptors (Lipinski definition) is 2. The first kappa shape index (κ1) is 9.87. The van der Waals surface area contributed by atoms with Crippen LogP contribution in [0, 0.1) is 6.92 Å². The van der Waals surface area contributed by atoms with Gasteiger partial charge < -0.3 is 5.73 Å². The number of rotatable bonds is 2. The Bertz CT molecular complexity index is 464. The summed E-state index contributed by atoms with van der Waals surface area (Å²) in [5, 5.41) is 0. The van der Waals surface area contributed by atoms with Gasteiger partial charge in [-0.25, -0.2) is 0 Å². The molecular formula is C13H14N2. The summed E-state index contributed by atoms with van der Waals surface area (Å²) in [4.78, 5) is 4.09. The lowest BCUT2D eigenvalue weighted by atomic mass is 9.97. The first-order valence-corrected chi connectivity index (χ1v) is 5.02. The molecule has 15 heavy (non-hydrogen) atoms. The molecule has 2 rings (SSSR count). The molecular weight excluding hydrogens is 184 g/mol. The molecule has 1 aromatic heterocycles. The zero-order valence-electron chi connectivity index (χ0n) is 8.77. The molecule has 0 atom stereocenters. The molecule has 0 aliphatic carbocycles. The van der Waals surface area contributed by atoms with Gasteiger partial charge in [0.2, 0.25) is 0 Å². The lowest BCUT2D eigenvalue weighted by Gasteiger charge is -2.09. The third-order valence-corrected chi connectivity index (χ3v) is 2.55. The molecule has 0 saturated heterocycles. The summed E-state index contributed by atoms with van der Waals surface area (Å²) >= 11 is 0. The maximum Gasteiger partial charge on any atom is 0.0303 e. The molecule has 0 aliphatic heterocycles. The minimum Gasteiger partial charge on any atom is -0.326 e. The van der Waals surface area contributed by atoms with Crippen molar-refractivity contribution >= 4 is 0 Å². The summed E-state index contributed by atoms with van der Waals surface area (Å²) in [6.07, 6.45) is 3.69. The van der Waals surface area contributed by atoms with E-state index in [-0.39, 0.29) is 0 Å². The van der Waals surface area contributed by atoms with Gasteiger partial charge in [0, 0.05) is 18.9 Å². The summed E-state index contributed by atoms with van der Waals surface area (Å²) in [6, 6.07) is 10.3. The molecule has 2 heteroatoms. The first-order chi connectivity index (χ1) is 7.33. The van der Waals surface area contributed by atoms with Gasteiger partial charge in [-0.05, 0) is 35.2 Å². The van der Waals surface area contributed by atoms with Crippen molar-refractivity contribution in [2.24, 2.45) is 5.73 Å². The minimum atomic E-state index is 0.567. The van der Waals surface area contributed by atoms with E-state index in [4.69, 9.17) is 5.73 Å². The average molecular weight is 198 g/mol. The highest BCUT2D eigenvalue weighted by atomic mass is 14.6. The van der Waals surface area contributed by atoms with Crippen LogP contribution in [0.3, 0.4) is 0 Å². The molecule has 0 radical (unpaired) electrons. The quantitative estimate of drug-likeness (QED) is 0.805. The van der Waals surface area contributed by atoms with Crippen molar-refractivity contribution in [3.8, 4) is 11.1 Å². The van der Waals surface area contributed by atoms with Crippen molar-refractivity contribution in [3.05, 3.63) is 53.9 Å². The summed E-state index contributed by atoms with van der Waals surface area (Å²) in [7, 11) is 0. The molecule has 2 aromatic rings. The molecule has 0 bridgehead atoms. The number of benzene rings is 1. The fourth-order valence-corrected chi connectivity index (χ4v) is 1.74. The van der Waals surface area contributed by atoms with Gasteiger partial charge in [-0.1, -0.05) is 24.3 Å². The van der Waals surface area contributed by atoms with Crippen LogP contribution in [0.25, 0.3) is 11.1 Å². The van der Waals surface area contributed by atoms with Gasteiger partial charge in [0.15, 0.2) is 0 Å². The Labute approximate surface area is 89.8 Å². The monoisotopic (exact) mass is 198 g/mol. The van der Waals surface area contributed by atoms with Crippen LogP contribution in [0.1, 0.15) is 11.1 Å². The van der Waals surface area contributed by atoms with Crippen LogP contribution in [0.2, 0.25) is 0 Å². The predicted octanol–water partition coefficient (Wildman–Crippen LogP) is 2.52. The number of aromatic nitrogens is 1. The van der Waals surface area contributed by atoms with E-state index in [1.165, 1.54) is 22.3 Å². The third-order valence-electron chi connectivity index (χ3n) is 2.55. The lowest BCUT2D eigenvalue weighted by molar-refractivity contribution is 1.07. The Morgan fingerprint density at radius 2 is 1.93 bits per heavy atom. The van der Waals surface area contributed by atoms with E-state index in [1.807, 2.05) is 30.6 Å². The largest absolute Gasteiger partial charge is 0.326 e. The molecule has 0 fully saturated rings. The smallest absolute Gasteiger partial charge is 0.0303 e. The molecule has 0 spiro atoms. The SMILES string of the molecule is Cc1cnccc1-c1ccccc1CN. The van der Waals surface area contributed by atoms with Gasteiger partial charge in [0.05, 0.1) is 0 Å². The highest BCUT2D eigenvalue weighted by Gasteiger charge is 2.04. The van der Waals surface area contributed by atoms with E-state index >= 15 is 0 Å². The Balaban J connectivity index is 2.59. The van der Waals surface area contributed by atoms with Gasteiger partial charge in [0.1, 0.15) is 0 Å². The highest BCUT2D eigenvalue weighted by molar-refractivity contribution is 5.69. The van der Waals surface area contributed by atoms with E-state index in [9.17, 15) is 0 Å². The second kappa shape index (κ2) is 4.24. The minimum absolute atomic E-state index is 0.567. The molecule has 1 heterocycles. The fourth-order valence-electron chi connectivity index (χ4n) is 1.74. The van der Waals surface area contributed by atoms with Crippen molar-refractivity contribution in [1.82, 2.24) is 4.98 Å². The summed E-state index contributed by atoms with van der Waals surface area (Å²) in [5.41, 5.74) is 10.5. The average Bonchev–Trinajstić information content (AvgIpc) is 2.30. The zero-order chi connectivity index (χ0) is 10.7. The second-order valence-corrected chi connectivity index (χ2v) is 3.55. The number of nitrogens with two attached hydrogens (primary N) is 1. The summed E-state index contributed by atoms with van der Waals surface area (Å²) < 4.78 is 0. The van der Waals surface area contributed by atoms with Crippen LogP contribution in [0.15, 0.2) is 42.7 Å². The van der Waals surface area contributed by atoms with Crippen molar-refractivity contribution in [2.45, 2.75) is 13.5 Å². The van der Waals surface area contributed by atoms with Crippen LogP contribution < -0.4 is 5.73 Å². The Morgan fingerprint density at radius 3 is 2.67 bits per heavy atom. The molecule has 0 unspecified atom stereocenters. The van der Waals surface area contributed by atoms with Crippen LogP contribution in [-0.2, 0) is 6.54 Å². The van der Waals surface area contributed by atoms with Gasteiger partial charge in [-0.3, -0.25) is 4.98 Å². The highest BCUT2D eigenvalue weighted by Crippen LogP contribution is 2.25. The second-order valence-electron chi connectivity index (χ2n) is 3.55. The van der Waals surface area contributed by atoms with Gasteiger partial charge in [-0.15, -0.1) is 0 Å². The standard InChI is InChI=1S/C13H14N2/c1-10-9-15-7-6-12(10)13-5-3-2-4-11(13)8-14/h2-7,9H,8,14H2,1H3. The van der Waals surface area contributed by atoms with Crippen molar-refractivity contribution < 1.29 is 0 Å². The van der Waals surface area contributed by atoms with E-state index in [1.54, 1.807) is 0 Å². The number of aryl methyl sites for hydroxylation is 1. The molecule has 0 amide bonds. The third kappa shape index (κ3) is 1.90. The van der Waals surface area contributed by atoms with Crippen LogP contribution in [0.5, 0.6) is 0 Å². The molecule has 0 saturated carbocycles. The molecule has 76 valence electrons. The Hall–Kier alpha value is -1.67. The molecule has 2 N–H and O–H groups in total. The fraction of sp³-hybridized carbons (Fsp3) is 0.154. The maximum atomic E-state index is 5.72. The lowest BCUT2D eigenvalue weighted by Crippen LogP contribution is -1.99. The van der Waals surface area contributed by atoms with Gasteiger partial charge in [0.25, 0.3) is 0 Å². The summed E-state index contributed by atoms with van der Waals surface area (Å²) in [5.74, 6) is 0. The van der Waals surface area contributed by atoms with Gasteiger partial charge in [-0.2, -0.15) is 0 Å². The molecule has 0 aliphatic rings.